The second-order valence-corrected chi connectivity index (χ2v) is 16.8. The summed E-state index contributed by atoms with van der Waals surface area (Å²) in [7, 11) is 1.68. The maximum Gasteiger partial charge on any atom is 0.264 e. The fourth-order valence-corrected chi connectivity index (χ4v) is 8.96. The van der Waals surface area contributed by atoms with Gasteiger partial charge >= 0.3 is 0 Å². The third kappa shape index (κ3) is 11.2. The van der Waals surface area contributed by atoms with Gasteiger partial charge in [-0.15, -0.1) is 0 Å². The monoisotopic (exact) mass is 793 g/mol. The highest BCUT2D eigenvalue weighted by atomic mass is 16.5. The normalized spacial score (nSPS) is 12.1. The summed E-state index contributed by atoms with van der Waals surface area (Å²) in [4.78, 5) is 30.3. The molecule has 0 atom stereocenters. The second-order valence-electron chi connectivity index (χ2n) is 16.8. The van der Waals surface area contributed by atoms with Crippen LogP contribution in [0.4, 0.5) is 0 Å². The van der Waals surface area contributed by atoms with Gasteiger partial charge in [0, 0.05) is 11.4 Å². The van der Waals surface area contributed by atoms with Crippen LogP contribution in [0.1, 0.15) is 169 Å². The molecule has 0 saturated carbocycles. The molecule has 312 valence electrons. The van der Waals surface area contributed by atoms with Crippen molar-refractivity contribution >= 4 is 46.1 Å². The van der Waals surface area contributed by atoms with Gasteiger partial charge in [-0.25, -0.2) is 0 Å². The van der Waals surface area contributed by atoms with Gasteiger partial charge in [0.15, 0.2) is 0 Å². The summed E-state index contributed by atoms with van der Waals surface area (Å²) in [6, 6.07) is 24.6. The van der Waals surface area contributed by atoms with Gasteiger partial charge in [0.2, 0.25) is 0 Å². The SMILES string of the molecule is CCCCCCCCCCCc1c2c(=O)n3c(/C=C/c4cccc(OC)c4)ccc3c(CCCCCCCCCCC)c2c(=O)n2c(/C=C/c3cccc(C)c3)ccc12. The summed E-state index contributed by atoms with van der Waals surface area (Å²) in [5.41, 5.74) is 8.51. The first-order valence-corrected chi connectivity index (χ1v) is 23.0. The lowest BCUT2D eigenvalue weighted by Crippen LogP contribution is -2.25. The van der Waals surface area contributed by atoms with Crippen molar-refractivity contribution in [2.75, 3.05) is 7.11 Å². The first-order valence-electron chi connectivity index (χ1n) is 23.0. The van der Waals surface area contributed by atoms with Crippen LogP contribution < -0.4 is 15.9 Å². The summed E-state index contributed by atoms with van der Waals surface area (Å²) in [6.45, 7) is 6.63. The lowest BCUT2D eigenvalue weighted by atomic mass is 9.95. The largest absolute Gasteiger partial charge is 0.497 e. The van der Waals surface area contributed by atoms with E-state index in [4.69, 9.17) is 4.74 Å². The van der Waals surface area contributed by atoms with E-state index in [9.17, 15) is 0 Å². The molecule has 0 radical (unpaired) electrons. The Balaban J connectivity index is 1.44. The van der Waals surface area contributed by atoms with Crippen molar-refractivity contribution in [2.45, 2.75) is 149 Å². The van der Waals surface area contributed by atoms with E-state index in [2.05, 4.69) is 75.4 Å². The molecule has 5 heteroatoms. The Hall–Kier alpha value is -4.90. The lowest BCUT2D eigenvalue weighted by Gasteiger charge is -2.16. The van der Waals surface area contributed by atoms with Crippen LogP contribution in [0.2, 0.25) is 0 Å². The number of hydrogen-bond donors (Lipinski definition) is 0. The fourth-order valence-electron chi connectivity index (χ4n) is 8.96. The van der Waals surface area contributed by atoms with E-state index in [1.165, 1.54) is 95.5 Å². The van der Waals surface area contributed by atoms with Gasteiger partial charge in [-0.3, -0.25) is 18.4 Å². The van der Waals surface area contributed by atoms with Crippen LogP contribution in [-0.4, -0.2) is 15.9 Å². The van der Waals surface area contributed by atoms with Gasteiger partial charge in [-0.2, -0.15) is 0 Å². The molecule has 0 unspecified atom stereocenters. The van der Waals surface area contributed by atoms with Crippen molar-refractivity contribution in [3.05, 3.63) is 133 Å². The Morgan fingerprint density at radius 1 is 0.492 bits per heavy atom. The van der Waals surface area contributed by atoms with E-state index in [1.807, 2.05) is 51.3 Å². The Labute approximate surface area is 353 Å². The first-order chi connectivity index (χ1) is 28.9. The van der Waals surface area contributed by atoms with E-state index in [0.717, 1.165) is 88.9 Å². The van der Waals surface area contributed by atoms with Gasteiger partial charge in [0.05, 0.1) is 28.9 Å². The van der Waals surface area contributed by atoms with E-state index in [0.29, 0.717) is 10.8 Å². The molecule has 0 amide bonds. The van der Waals surface area contributed by atoms with Gasteiger partial charge < -0.3 is 4.74 Å². The van der Waals surface area contributed by atoms with Crippen LogP contribution in [0.3, 0.4) is 0 Å². The smallest absolute Gasteiger partial charge is 0.264 e. The number of aryl methyl sites for hydroxylation is 3. The highest BCUT2D eigenvalue weighted by Crippen LogP contribution is 2.30. The molecular weight excluding hydrogens is 725 g/mol. The first kappa shape index (κ1) is 43.7. The average Bonchev–Trinajstić information content (AvgIpc) is 3.88. The molecule has 4 aromatic heterocycles. The molecule has 0 saturated heterocycles. The van der Waals surface area contributed by atoms with Gasteiger partial charge in [-0.05, 0) is 103 Å². The molecule has 6 aromatic rings. The van der Waals surface area contributed by atoms with Crippen LogP contribution in [0.25, 0.3) is 46.1 Å². The Kier molecular flexibility index (Phi) is 16.6. The molecule has 4 heterocycles. The van der Waals surface area contributed by atoms with Gasteiger partial charge in [-0.1, -0.05) is 171 Å². The molecule has 0 aliphatic rings. The van der Waals surface area contributed by atoms with Crippen LogP contribution in [0.5, 0.6) is 5.75 Å². The lowest BCUT2D eigenvalue weighted by molar-refractivity contribution is 0.414. The molecule has 0 spiro atoms. The summed E-state index contributed by atoms with van der Waals surface area (Å²) in [5, 5.41) is 1.23. The van der Waals surface area contributed by atoms with E-state index in [-0.39, 0.29) is 11.1 Å². The molecule has 0 N–H and O–H groups in total. The number of unbranched alkanes of at least 4 members (excludes halogenated alkanes) is 16. The van der Waals surface area contributed by atoms with Crippen molar-refractivity contribution in [3.8, 4) is 5.75 Å². The predicted octanol–water partition coefficient (Wildman–Crippen LogP) is 14.3. The van der Waals surface area contributed by atoms with Gasteiger partial charge in [0.25, 0.3) is 11.1 Å². The number of rotatable bonds is 25. The number of pyridine rings is 2. The zero-order valence-electron chi connectivity index (χ0n) is 36.5. The summed E-state index contributed by atoms with van der Waals surface area (Å²) >= 11 is 0. The van der Waals surface area contributed by atoms with Crippen molar-refractivity contribution in [2.24, 2.45) is 0 Å². The van der Waals surface area contributed by atoms with Gasteiger partial charge in [0.1, 0.15) is 5.75 Å². The van der Waals surface area contributed by atoms with Crippen molar-refractivity contribution in [3.63, 3.8) is 0 Å². The minimum absolute atomic E-state index is 0.0834. The predicted molar refractivity (Wildman–Crippen MR) is 253 cm³/mol. The standard InChI is InChI=1S/C54H68N2O3/c1-5-7-9-11-13-15-17-19-21-29-47-49-37-35-44(33-31-42-26-23-25-41(3)39-42)55(49)53(57)51-48(30-22-20-18-16-14-12-10-8-6-2)50-38-36-45(56(50)54(58)52(47)51)34-32-43-27-24-28-46(40-43)59-4/h23-28,31-40H,5-22,29-30H2,1-4H3/b33-31+,34-32+. The minimum Gasteiger partial charge on any atom is -0.497 e. The molecule has 5 nitrogen and oxygen atoms in total. The van der Waals surface area contributed by atoms with E-state index < -0.39 is 0 Å². The fraction of sp³-hybridized carbons (Fsp3) is 0.444. The number of methoxy groups -OCH3 is 1. The molecule has 0 aliphatic heterocycles. The van der Waals surface area contributed by atoms with Crippen LogP contribution >= 0.6 is 0 Å². The summed E-state index contributed by atoms with van der Waals surface area (Å²) < 4.78 is 9.27. The van der Waals surface area contributed by atoms with E-state index in [1.54, 1.807) is 7.11 Å². The Morgan fingerprint density at radius 3 is 1.36 bits per heavy atom. The number of fused-ring (bicyclic) bond motifs is 3. The zero-order valence-corrected chi connectivity index (χ0v) is 36.5. The van der Waals surface area contributed by atoms with Crippen molar-refractivity contribution < 1.29 is 4.74 Å². The molecule has 6 rings (SSSR count). The van der Waals surface area contributed by atoms with Crippen molar-refractivity contribution in [1.82, 2.24) is 8.80 Å². The minimum atomic E-state index is -0.0929. The topological polar surface area (TPSA) is 52.2 Å². The Morgan fingerprint density at radius 2 is 0.915 bits per heavy atom. The molecular formula is C54H68N2O3. The molecule has 59 heavy (non-hydrogen) atoms. The molecule has 0 fully saturated rings. The molecule has 2 aromatic carbocycles. The van der Waals surface area contributed by atoms with Crippen LogP contribution in [0, 0.1) is 6.92 Å². The quantitative estimate of drug-likeness (QED) is 0.0543. The summed E-state index contributed by atoms with van der Waals surface area (Å²) in [6.07, 6.45) is 31.9. The maximum absolute atomic E-state index is 15.1. The Bertz CT molecular complexity index is 2430. The molecule has 0 aliphatic carbocycles. The van der Waals surface area contributed by atoms with Crippen LogP contribution in [-0.2, 0) is 12.8 Å². The number of nitrogens with zero attached hydrogens (tertiary/aromatic N) is 2. The van der Waals surface area contributed by atoms with Crippen LogP contribution in [0.15, 0.2) is 82.4 Å². The maximum atomic E-state index is 15.1. The molecule has 0 bridgehead atoms. The number of hydrogen-bond acceptors (Lipinski definition) is 3. The van der Waals surface area contributed by atoms with E-state index >= 15 is 9.59 Å². The number of aromatic nitrogens is 2. The third-order valence-electron chi connectivity index (χ3n) is 12.2. The summed E-state index contributed by atoms with van der Waals surface area (Å²) in [5.74, 6) is 0.791. The second kappa shape index (κ2) is 22.5. The number of ether oxygens (including phenoxy) is 1. The zero-order chi connectivity index (χ0) is 41.4. The number of benzene rings is 2. The van der Waals surface area contributed by atoms with Crippen molar-refractivity contribution in [1.29, 1.82) is 0 Å². The highest BCUT2D eigenvalue weighted by molar-refractivity contribution is 5.96. The highest BCUT2D eigenvalue weighted by Gasteiger charge is 2.23. The third-order valence-corrected chi connectivity index (χ3v) is 12.2. The average molecular weight is 793 g/mol.